The number of rotatable bonds is 3. The van der Waals surface area contributed by atoms with Gasteiger partial charge in [0.25, 0.3) is 0 Å². The molecule has 1 N–H and O–H groups in total. The molecule has 0 radical (unpaired) electrons. The van der Waals surface area contributed by atoms with Crippen LogP contribution in [0.4, 0.5) is 4.39 Å². The molecule has 2 saturated heterocycles. The third-order valence-electron chi connectivity index (χ3n) is 4.53. The van der Waals surface area contributed by atoms with Crippen molar-refractivity contribution in [3.8, 4) is 5.75 Å². The van der Waals surface area contributed by atoms with E-state index in [1.807, 2.05) is 0 Å². The monoisotopic (exact) mass is 277 g/mol. The van der Waals surface area contributed by atoms with E-state index in [4.69, 9.17) is 4.74 Å². The maximum absolute atomic E-state index is 14.0. The van der Waals surface area contributed by atoms with Crippen LogP contribution in [0.5, 0.6) is 5.75 Å². The number of ketones is 1. The predicted octanol–water partition coefficient (Wildman–Crippen LogP) is 2.94. The molecular weight excluding hydrogens is 257 g/mol. The van der Waals surface area contributed by atoms with Crippen LogP contribution in [0.25, 0.3) is 0 Å². The molecule has 108 valence electrons. The van der Waals surface area contributed by atoms with Crippen LogP contribution in [-0.4, -0.2) is 25.0 Å². The Kier molecular flexibility index (Phi) is 3.74. The summed E-state index contributed by atoms with van der Waals surface area (Å²) in [5, 5.41) is 3.56. The molecule has 0 spiro atoms. The number of methoxy groups -OCH3 is 1. The van der Waals surface area contributed by atoms with E-state index >= 15 is 0 Å². The van der Waals surface area contributed by atoms with Gasteiger partial charge in [-0.25, -0.2) is 4.39 Å². The molecule has 0 amide bonds. The molecule has 1 aromatic carbocycles. The molecule has 2 fully saturated rings. The van der Waals surface area contributed by atoms with Crippen LogP contribution >= 0.6 is 0 Å². The van der Waals surface area contributed by atoms with Crippen LogP contribution in [-0.2, 0) is 0 Å². The minimum absolute atomic E-state index is 0.0858. The molecule has 3 rings (SSSR count). The summed E-state index contributed by atoms with van der Waals surface area (Å²) in [4.78, 5) is 12.7. The molecule has 0 saturated carbocycles. The first-order valence-corrected chi connectivity index (χ1v) is 7.32. The molecule has 0 aliphatic carbocycles. The molecule has 2 atom stereocenters. The van der Waals surface area contributed by atoms with Crippen LogP contribution in [0, 0.1) is 11.7 Å². The van der Waals surface area contributed by atoms with Crippen molar-refractivity contribution < 1.29 is 13.9 Å². The zero-order chi connectivity index (χ0) is 14.1. The molecule has 0 aromatic heterocycles. The molecule has 2 unspecified atom stereocenters. The first-order chi connectivity index (χ1) is 9.69. The van der Waals surface area contributed by atoms with Crippen molar-refractivity contribution in [3.05, 3.63) is 29.6 Å². The Morgan fingerprint density at radius 1 is 1.30 bits per heavy atom. The largest absolute Gasteiger partial charge is 0.496 e. The summed E-state index contributed by atoms with van der Waals surface area (Å²) in [7, 11) is 1.47. The minimum Gasteiger partial charge on any atom is -0.496 e. The number of carbonyl (C=O) groups is 1. The third kappa shape index (κ3) is 2.44. The Balaban J connectivity index is 1.86. The van der Waals surface area contributed by atoms with Crippen molar-refractivity contribution in [3.63, 3.8) is 0 Å². The van der Waals surface area contributed by atoms with Crippen LogP contribution in [0.15, 0.2) is 18.2 Å². The topological polar surface area (TPSA) is 38.3 Å². The van der Waals surface area contributed by atoms with E-state index in [0.29, 0.717) is 17.8 Å². The Morgan fingerprint density at radius 3 is 2.65 bits per heavy atom. The Labute approximate surface area is 118 Å². The lowest BCUT2D eigenvalue weighted by molar-refractivity contribution is 0.0817. The molecule has 2 bridgehead atoms. The lowest BCUT2D eigenvalue weighted by Gasteiger charge is -2.39. The van der Waals surface area contributed by atoms with Crippen molar-refractivity contribution in [2.75, 3.05) is 7.11 Å². The number of Topliss-reactive ketones (excluding diaryl/α,β-unsaturated/α-hetero) is 1. The third-order valence-corrected chi connectivity index (χ3v) is 4.53. The Bertz CT molecular complexity index is 505. The highest BCUT2D eigenvalue weighted by molar-refractivity contribution is 6.00. The number of piperidine rings is 2. The van der Waals surface area contributed by atoms with Gasteiger partial charge in [0.1, 0.15) is 11.6 Å². The van der Waals surface area contributed by atoms with E-state index in [-0.39, 0.29) is 17.3 Å². The number of carbonyl (C=O) groups excluding carboxylic acids is 1. The van der Waals surface area contributed by atoms with Gasteiger partial charge in [-0.1, -0.05) is 12.5 Å². The summed E-state index contributed by atoms with van der Waals surface area (Å²) in [5.41, 5.74) is 0.125. The van der Waals surface area contributed by atoms with Crippen molar-refractivity contribution >= 4 is 5.78 Å². The van der Waals surface area contributed by atoms with Gasteiger partial charge in [-0.15, -0.1) is 0 Å². The SMILES string of the molecule is COc1cccc(F)c1C(=O)C1CC2CCCC(C1)N2. The second-order valence-corrected chi connectivity index (χ2v) is 5.84. The van der Waals surface area contributed by atoms with E-state index in [2.05, 4.69) is 5.32 Å². The minimum atomic E-state index is -0.474. The number of hydrogen-bond donors (Lipinski definition) is 1. The Hall–Kier alpha value is -1.42. The highest BCUT2D eigenvalue weighted by atomic mass is 19.1. The molecule has 20 heavy (non-hydrogen) atoms. The fraction of sp³-hybridized carbons (Fsp3) is 0.562. The van der Waals surface area contributed by atoms with Gasteiger partial charge in [0.2, 0.25) is 0 Å². The first kappa shape index (κ1) is 13.6. The standard InChI is InChI=1S/C16H20FNO2/c1-20-14-7-3-6-13(17)15(14)16(19)10-8-11-4-2-5-12(9-10)18-11/h3,6-7,10-12,18H,2,4-5,8-9H2,1H3. The zero-order valence-electron chi connectivity index (χ0n) is 11.7. The van der Waals surface area contributed by atoms with E-state index in [1.54, 1.807) is 12.1 Å². The summed E-state index contributed by atoms with van der Waals surface area (Å²) in [5.74, 6) is -0.313. The maximum Gasteiger partial charge on any atom is 0.172 e. The average molecular weight is 277 g/mol. The first-order valence-electron chi connectivity index (χ1n) is 7.32. The lowest BCUT2D eigenvalue weighted by atomic mass is 9.77. The van der Waals surface area contributed by atoms with Crippen LogP contribution in [0.1, 0.15) is 42.5 Å². The van der Waals surface area contributed by atoms with Gasteiger partial charge in [0.05, 0.1) is 12.7 Å². The van der Waals surface area contributed by atoms with E-state index in [9.17, 15) is 9.18 Å². The predicted molar refractivity (Wildman–Crippen MR) is 74.6 cm³/mol. The van der Waals surface area contributed by atoms with Gasteiger partial charge in [0.15, 0.2) is 5.78 Å². The summed E-state index contributed by atoms with van der Waals surface area (Å²) >= 11 is 0. The fourth-order valence-electron chi connectivity index (χ4n) is 3.60. The van der Waals surface area contributed by atoms with Crippen LogP contribution < -0.4 is 10.1 Å². The van der Waals surface area contributed by atoms with E-state index in [0.717, 1.165) is 25.7 Å². The number of halogens is 1. The number of fused-ring (bicyclic) bond motifs is 2. The molecule has 2 heterocycles. The molecule has 1 aromatic rings. The van der Waals surface area contributed by atoms with Gasteiger partial charge in [0, 0.05) is 18.0 Å². The highest BCUT2D eigenvalue weighted by Crippen LogP contribution is 2.34. The van der Waals surface area contributed by atoms with Gasteiger partial charge < -0.3 is 10.1 Å². The molecule has 3 nitrogen and oxygen atoms in total. The highest BCUT2D eigenvalue weighted by Gasteiger charge is 2.36. The normalized spacial score (nSPS) is 29.0. The zero-order valence-corrected chi connectivity index (χ0v) is 11.7. The summed E-state index contributed by atoms with van der Waals surface area (Å²) in [6.07, 6.45) is 5.09. The molecule has 2 aliphatic heterocycles. The maximum atomic E-state index is 14.0. The van der Waals surface area contributed by atoms with Gasteiger partial charge in [-0.3, -0.25) is 4.79 Å². The summed E-state index contributed by atoms with van der Waals surface area (Å²) < 4.78 is 19.2. The number of hydrogen-bond acceptors (Lipinski definition) is 3. The lowest BCUT2D eigenvalue weighted by Crippen LogP contribution is -2.50. The second kappa shape index (κ2) is 5.52. The van der Waals surface area contributed by atoms with Crippen molar-refractivity contribution in [1.82, 2.24) is 5.32 Å². The van der Waals surface area contributed by atoms with E-state index in [1.165, 1.54) is 19.6 Å². The summed E-state index contributed by atoms with van der Waals surface area (Å²) in [6, 6.07) is 5.38. The Morgan fingerprint density at radius 2 is 2.00 bits per heavy atom. The average Bonchev–Trinajstić information content (AvgIpc) is 2.45. The molecular formula is C16H20FNO2. The van der Waals surface area contributed by atoms with Crippen molar-refractivity contribution in [1.29, 1.82) is 0 Å². The van der Waals surface area contributed by atoms with Crippen molar-refractivity contribution in [2.45, 2.75) is 44.2 Å². The number of benzene rings is 1. The number of nitrogens with one attached hydrogen (secondary N) is 1. The van der Waals surface area contributed by atoms with Gasteiger partial charge >= 0.3 is 0 Å². The smallest absolute Gasteiger partial charge is 0.172 e. The van der Waals surface area contributed by atoms with Gasteiger partial charge in [-0.2, -0.15) is 0 Å². The quantitative estimate of drug-likeness (QED) is 0.863. The number of ether oxygens (including phenoxy) is 1. The molecule has 2 aliphatic rings. The summed E-state index contributed by atoms with van der Waals surface area (Å²) in [6.45, 7) is 0. The second-order valence-electron chi connectivity index (χ2n) is 5.84. The van der Waals surface area contributed by atoms with E-state index < -0.39 is 5.82 Å². The fourth-order valence-corrected chi connectivity index (χ4v) is 3.60. The molecule has 4 heteroatoms. The van der Waals surface area contributed by atoms with Crippen LogP contribution in [0.3, 0.4) is 0 Å². The van der Waals surface area contributed by atoms with Crippen LogP contribution in [0.2, 0.25) is 0 Å². The van der Waals surface area contributed by atoms with Crippen molar-refractivity contribution in [2.24, 2.45) is 5.92 Å². The van der Waals surface area contributed by atoms with Gasteiger partial charge in [-0.05, 0) is 37.8 Å².